The molecule has 2 N–H and O–H groups in total. The molecular weight excluding hydrogens is 350 g/mol. The van der Waals surface area contributed by atoms with Gasteiger partial charge in [-0.15, -0.1) is 0 Å². The molecule has 0 saturated carbocycles. The van der Waals surface area contributed by atoms with E-state index in [2.05, 4.69) is 44.3 Å². The van der Waals surface area contributed by atoms with Crippen molar-refractivity contribution in [1.29, 1.82) is 0 Å². The summed E-state index contributed by atoms with van der Waals surface area (Å²) in [6, 6.07) is 8.34. The third-order valence-corrected chi connectivity index (χ3v) is 6.06. The highest BCUT2D eigenvalue weighted by Gasteiger charge is 2.35. The fraction of sp³-hybridized carbons (Fsp3) is 0.364. The zero-order chi connectivity index (χ0) is 19.5. The maximum Gasteiger partial charge on any atom is 0.252 e. The number of H-pyrrole nitrogens is 1. The standard InChI is InChI=1S/C22H25N5O/c1-22(2)19-10-14(4-5-16(19)21(28)25-22)18-13-24-20-17(18)11-15(12-23-20)27-8-6-26(3)7-9-27/h4-5,10-13H,6-9H2,1-3H3,(H,23,24)(H,25,28). The van der Waals surface area contributed by atoms with Gasteiger partial charge in [-0.2, -0.15) is 0 Å². The van der Waals surface area contributed by atoms with E-state index < -0.39 is 0 Å². The number of rotatable bonds is 2. The average molecular weight is 375 g/mol. The monoisotopic (exact) mass is 375 g/mol. The van der Waals surface area contributed by atoms with Crippen LogP contribution in [0.3, 0.4) is 0 Å². The number of likely N-dealkylation sites (N-methyl/N-ethyl adjacent to an activating group) is 1. The predicted molar refractivity (Wildman–Crippen MR) is 112 cm³/mol. The second-order valence-corrected chi connectivity index (χ2v) is 8.42. The summed E-state index contributed by atoms with van der Waals surface area (Å²) in [5.41, 5.74) is 5.75. The van der Waals surface area contributed by atoms with Gasteiger partial charge in [-0.3, -0.25) is 4.79 Å². The van der Waals surface area contributed by atoms with E-state index in [9.17, 15) is 4.79 Å². The Hall–Kier alpha value is -2.86. The van der Waals surface area contributed by atoms with Crippen LogP contribution in [0.15, 0.2) is 36.7 Å². The number of hydrogen-bond acceptors (Lipinski definition) is 4. The van der Waals surface area contributed by atoms with Crippen molar-refractivity contribution in [3.05, 3.63) is 47.8 Å². The highest BCUT2D eigenvalue weighted by Crippen LogP contribution is 2.36. The summed E-state index contributed by atoms with van der Waals surface area (Å²) < 4.78 is 0. The molecule has 0 unspecified atom stereocenters. The number of fused-ring (bicyclic) bond motifs is 2. The number of piperazine rings is 1. The molecule has 0 radical (unpaired) electrons. The lowest BCUT2D eigenvalue weighted by Crippen LogP contribution is -2.44. The van der Waals surface area contributed by atoms with Crippen LogP contribution in [-0.4, -0.2) is 54.0 Å². The van der Waals surface area contributed by atoms with E-state index in [-0.39, 0.29) is 11.4 Å². The molecule has 2 aromatic heterocycles. The minimum absolute atomic E-state index is 0.00416. The number of aromatic nitrogens is 2. The summed E-state index contributed by atoms with van der Waals surface area (Å²) in [7, 11) is 2.16. The number of hydrogen-bond donors (Lipinski definition) is 2. The SMILES string of the molecule is CN1CCN(c2cnc3[nH]cc(-c4ccc5c(c4)C(C)(C)NC5=O)c3c2)CC1. The number of pyridine rings is 1. The van der Waals surface area contributed by atoms with Gasteiger partial charge in [0.05, 0.1) is 17.4 Å². The molecule has 1 amide bonds. The van der Waals surface area contributed by atoms with E-state index in [1.807, 2.05) is 38.4 Å². The van der Waals surface area contributed by atoms with E-state index in [0.717, 1.165) is 59.5 Å². The third-order valence-electron chi connectivity index (χ3n) is 6.06. The van der Waals surface area contributed by atoms with Crippen molar-refractivity contribution in [3.63, 3.8) is 0 Å². The Labute approximate surface area is 164 Å². The maximum absolute atomic E-state index is 12.2. The second-order valence-electron chi connectivity index (χ2n) is 8.42. The Bertz CT molecular complexity index is 1080. The Morgan fingerprint density at radius 3 is 2.64 bits per heavy atom. The van der Waals surface area contributed by atoms with E-state index in [4.69, 9.17) is 0 Å². The summed E-state index contributed by atoms with van der Waals surface area (Å²) in [6.07, 6.45) is 3.98. The van der Waals surface area contributed by atoms with Gasteiger partial charge in [-0.05, 0) is 50.2 Å². The average Bonchev–Trinajstić information content (AvgIpc) is 3.20. The quantitative estimate of drug-likeness (QED) is 0.723. The van der Waals surface area contributed by atoms with Crippen molar-refractivity contribution in [1.82, 2.24) is 20.2 Å². The van der Waals surface area contributed by atoms with Crippen molar-refractivity contribution in [2.45, 2.75) is 19.4 Å². The minimum atomic E-state index is -0.349. The highest BCUT2D eigenvalue weighted by molar-refractivity contribution is 6.02. The molecule has 3 aromatic rings. The molecule has 6 nitrogen and oxygen atoms in total. The zero-order valence-electron chi connectivity index (χ0n) is 16.5. The molecule has 4 heterocycles. The van der Waals surface area contributed by atoms with Gasteiger partial charge in [0.25, 0.3) is 5.91 Å². The van der Waals surface area contributed by atoms with Gasteiger partial charge >= 0.3 is 0 Å². The fourth-order valence-corrected chi connectivity index (χ4v) is 4.31. The smallest absolute Gasteiger partial charge is 0.252 e. The molecule has 2 aliphatic rings. The molecule has 0 spiro atoms. The van der Waals surface area contributed by atoms with E-state index >= 15 is 0 Å². The number of benzene rings is 1. The van der Waals surface area contributed by atoms with Gasteiger partial charge < -0.3 is 20.1 Å². The second kappa shape index (κ2) is 6.07. The largest absolute Gasteiger partial charge is 0.368 e. The topological polar surface area (TPSA) is 64.3 Å². The number of nitrogens with one attached hydrogen (secondary N) is 2. The Balaban J connectivity index is 1.57. The van der Waals surface area contributed by atoms with Crippen molar-refractivity contribution >= 4 is 22.6 Å². The van der Waals surface area contributed by atoms with Gasteiger partial charge in [-0.1, -0.05) is 6.07 Å². The first-order valence-electron chi connectivity index (χ1n) is 9.80. The lowest BCUT2D eigenvalue weighted by atomic mass is 9.91. The molecular formula is C22H25N5O. The first-order valence-corrected chi connectivity index (χ1v) is 9.80. The van der Waals surface area contributed by atoms with Crippen LogP contribution in [0.5, 0.6) is 0 Å². The molecule has 0 atom stereocenters. The number of anilines is 1. The molecule has 144 valence electrons. The van der Waals surface area contributed by atoms with Crippen molar-refractivity contribution in [3.8, 4) is 11.1 Å². The zero-order valence-corrected chi connectivity index (χ0v) is 16.5. The lowest BCUT2D eigenvalue weighted by Gasteiger charge is -2.33. The first kappa shape index (κ1) is 17.3. The molecule has 2 aliphatic heterocycles. The Morgan fingerprint density at radius 1 is 1.07 bits per heavy atom. The van der Waals surface area contributed by atoms with E-state index in [1.165, 1.54) is 5.69 Å². The van der Waals surface area contributed by atoms with Crippen molar-refractivity contribution < 1.29 is 4.79 Å². The molecule has 1 fully saturated rings. The highest BCUT2D eigenvalue weighted by atomic mass is 16.2. The van der Waals surface area contributed by atoms with Gasteiger partial charge in [0.2, 0.25) is 0 Å². The first-order chi connectivity index (χ1) is 13.4. The number of carbonyl (C=O) groups is 1. The van der Waals surface area contributed by atoms with Crippen LogP contribution >= 0.6 is 0 Å². The fourth-order valence-electron chi connectivity index (χ4n) is 4.31. The molecule has 6 heteroatoms. The Morgan fingerprint density at radius 2 is 1.86 bits per heavy atom. The van der Waals surface area contributed by atoms with Gasteiger partial charge in [0, 0.05) is 48.9 Å². The maximum atomic E-state index is 12.2. The van der Waals surface area contributed by atoms with Crippen molar-refractivity contribution in [2.75, 3.05) is 38.1 Å². The third kappa shape index (κ3) is 2.67. The van der Waals surface area contributed by atoms with Crippen molar-refractivity contribution in [2.24, 2.45) is 0 Å². The molecule has 5 rings (SSSR count). The van der Waals surface area contributed by atoms with Gasteiger partial charge in [0.1, 0.15) is 5.65 Å². The van der Waals surface area contributed by atoms with Crippen LogP contribution in [0.1, 0.15) is 29.8 Å². The van der Waals surface area contributed by atoms with Crippen LogP contribution < -0.4 is 10.2 Å². The molecule has 0 bridgehead atoms. The van der Waals surface area contributed by atoms with Crippen LogP contribution in [0.2, 0.25) is 0 Å². The number of amides is 1. The summed E-state index contributed by atoms with van der Waals surface area (Å²) >= 11 is 0. The summed E-state index contributed by atoms with van der Waals surface area (Å²) in [4.78, 5) is 24.9. The van der Waals surface area contributed by atoms with Gasteiger partial charge in [-0.25, -0.2) is 4.98 Å². The summed E-state index contributed by atoms with van der Waals surface area (Å²) in [5, 5.41) is 4.17. The molecule has 1 aromatic carbocycles. The lowest BCUT2D eigenvalue weighted by molar-refractivity contribution is 0.0940. The van der Waals surface area contributed by atoms with Crippen LogP contribution in [0, 0.1) is 0 Å². The van der Waals surface area contributed by atoms with E-state index in [0.29, 0.717) is 0 Å². The van der Waals surface area contributed by atoms with Crippen LogP contribution in [-0.2, 0) is 5.54 Å². The summed E-state index contributed by atoms with van der Waals surface area (Å²) in [5.74, 6) is 0.00416. The molecule has 0 aliphatic carbocycles. The molecule has 1 saturated heterocycles. The van der Waals surface area contributed by atoms with Crippen LogP contribution in [0.4, 0.5) is 5.69 Å². The normalized spacial score (nSPS) is 19.1. The molecule has 28 heavy (non-hydrogen) atoms. The van der Waals surface area contributed by atoms with Gasteiger partial charge in [0.15, 0.2) is 0 Å². The summed E-state index contributed by atoms with van der Waals surface area (Å²) in [6.45, 7) is 8.26. The number of nitrogens with zero attached hydrogens (tertiary/aromatic N) is 3. The predicted octanol–water partition coefficient (Wildman–Crippen LogP) is 2.96. The minimum Gasteiger partial charge on any atom is -0.368 e. The van der Waals surface area contributed by atoms with Crippen LogP contribution in [0.25, 0.3) is 22.2 Å². The number of aromatic amines is 1. The Kier molecular flexibility index (Phi) is 3.74. The van der Waals surface area contributed by atoms with E-state index in [1.54, 1.807) is 0 Å². The number of carbonyl (C=O) groups excluding carboxylic acids is 1.